The fraction of sp³-hybridized carbons (Fsp3) is 0.400. The van der Waals surface area contributed by atoms with Gasteiger partial charge in [-0.1, -0.05) is 23.7 Å². The lowest BCUT2D eigenvalue weighted by Gasteiger charge is -2.24. The molecule has 1 unspecified atom stereocenters. The summed E-state index contributed by atoms with van der Waals surface area (Å²) in [5.74, 6) is 0. The molecular formula is C10H7ClF4. The maximum Gasteiger partial charge on any atom is 0.426 e. The third-order valence-electron chi connectivity index (χ3n) is 2.68. The van der Waals surface area contributed by atoms with E-state index in [2.05, 4.69) is 0 Å². The molecule has 0 N–H and O–H groups in total. The largest absolute Gasteiger partial charge is 0.426 e. The van der Waals surface area contributed by atoms with E-state index in [1.54, 1.807) is 0 Å². The van der Waals surface area contributed by atoms with E-state index in [4.69, 9.17) is 11.6 Å². The van der Waals surface area contributed by atoms with E-state index in [9.17, 15) is 17.6 Å². The lowest BCUT2D eigenvalue weighted by Crippen LogP contribution is -2.36. The Hall–Kier alpha value is -0.770. The fourth-order valence-corrected chi connectivity index (χ4v) is 2.28. The summed E-state index contributed by atoms with van der Waals surface area (Å²) >= 11 is 5.62. The minimum Gasteiger partial charge on any atom is -0.228 e. The van der Waals surface area contributed by atoms with Crippen molar-refractivity contribution in [1.82, 2.24) is 0 Å². The number of benzene rings is 1. The van der Waals surface area contributed by atoms with E-state index < -0.39 is 23.8 Å². The molecule has 0 spiro atoms. The molecular weight excluding hydrogens is 232 g/mol. The molecule has 1 aromatic carbocycles. The monoisotopic (exact) mass is 238 g/mol. The van der Waals surface area contributed by atoms with E-state index >= 15 is 0 Å². The zero-order valence-corrected chi connectivity index (χ0v) is 8.29. The van der Waals surface area contributed by atoms with Gasteiger partial charge in [0.1, 0.15) is 0 Å². The fourth-order valence-electron chi connectivity index (χ4n) is 1.94. The Kier molecular flexibility index (Phi) is 2.23. The van der Waals surface area contributed by atoms with Gasteiger partial charge in [-0.2, -0.15) is 13.2 Å². The van der Waals surface area contributed by atoms with Crippen LogP contribution in [-0.2, 0) is 12.1 Å². The Morgan fingerprint density at radius 1 is 1.27 bits per heavy atom. The second kappa shape index (κ2) is 3.11. The molecule has 1 aromatic rings. The van der Waals surface area contributed by atoms with Gasteiger partial charge in [0.15, 0.2) is 0 Å². The number of rotatable bonds is 0. The van der Waals surface area contributed by atoms with Crippen molar-refractivity contribution in [3.63, 3.8) is 0 Å². The zero-order valence-electron chi connectivity index (χ0n) is 7.54. The highest BCUT2D eigenvalue weighted by Crippen LogP contribution is 2.53. The first-order valence-corrected chi connectivity index (χ1v) is 4.77. The minimum atomic E-state index is -4.90. The van der Waals surface area contributed by atoms with Crippen LogP contribution in [0.3, 0.4) is 0 Å². The highest BCUT2D eigenvalue weighted by molar-refractivity contribution is 6.31. The Labute approximate surface area is 88.9 Å². The molecule has 0 radical (unpaired) electrons. The first-order chi connectivity index (χ1) is 6.86. The standard InChI is InChI=1S/C10H7ClF4/c11-7-3-1-2-6-4-5-9(12,8(6)7)10(13,14)15/h1-3H,4-5H2. The minimum absolute atomic E-state index is 0.0753. The number of halogens is 5. The van der Waals surface area contributed by atoms with Gasteiger partial charge in [-0.15, -0.1) is 0 Å². The summed E-state index contributed by atoms with van der Waals surface area (Å²) in [6, 6.07) is 4.29. The first kappa shape index (κ1) is 10.7. The van der Waals surface area contributed by atoms with Gasteiger partial charge in [-0.05, 0) is 24.5 Å². The van der Waals surface area contributed by atoms with E-state index in [0.29, 0.717) is 5.56 Å². The first-order valence-electron chi connectivity index (χ1n) is 4.40. The Morgan fingerprint density at radius 2 is 1.93 bits per heavy atom. The SMILES string of the molecule is FC(F)(F)C1(F)CCc2cccc(Cl)c21. The van der Waals surface area contributed by atoms with Crippen molar-refractivity contribution in [2.45, 2.75) is 24.7 Å². The average Bonchev–Trinajstić information content (AvgIpc) is 2.45. The maximum atomic E-state index is 13.9. The summed E-state index contributed by atoms with van der Waals surface area (Å²) < 4.78 is 51.6. The van der Waals surface area contributed by atoms with Crippen LogP contribution in [-0.4, -0.2) is 6.18 Å². The lowest BCUT2D eigenvalue weighted by molar-refractivity contribution is -0.234. The molecule has 0 saturated heterocycles. The van der Waals surface area contributed by atoms with Crippen LogP contribution in [0.2, 0.25) is 5.02 Å². The molecule has 0 nitrogen and oxygen atoms in total. The van der Waals surface area contributed by atoms with Crippen LogP contribution in [0.1, 0.15) is 17.5 Å². The number of fused-ring (bicyclic) bond motifs is 1. The summed E-state index contributed by atoms with van der Waals surface area (Å²) in [7, 11) is 0. The van der Waals surface area contributed by atoms with E-state index in [0.717, 1.165) is 0 Å². The summed E-state index contributed by atoms with van der Waals surface area (Å²) in [5, 5.41) is -0.148. The summed E-state index contributed by atoms with van der Waals surface area (Å²) in [6.45, 7) is 0. The van der Waals surface area contributed by atoms with Crippen LogP contribution in [0.5, 0.6) is 0 Å². The number of hydrogen-bond donors (Lipinski definition) is 0. The summed E-state index contributed by atoms with van der Waals surface area (Å²) in [5.41, 5.74) is -3.33. The molecule has 0 fully saturated rings. The van der Waals surface area contributed by atoms with Gasteiger partial charge < -0.3 is 0 Å². The lowest BCUT2D eigenvalue weighted by atomic mass is 9.97. The van der Waals surface area contributed by atoms with E-state index in [-0.39, 0.29) is 11.4 Å². The van der Waals surface area contributed by atoms with Gasteiger partial charge >= 0.3 is 6.18 Å². The quantitative estimate of drug-likeness (QED) is 0.599. The molecule has 1 atom stereocenters. The third kappa shape index (κ3) is 1.42. The van der Waals surface area contributed by atoms with Crippen LogP contribution in [0.25, 0.3) is 0 Å². The van der Waals surface area contributed by atoms with Crippen molar-refractivity contribution in [3.05, 3.63) is 34.3 Å². The van der Waals surface area contributed by atoms with Gasteiger partial charge in [0.25, 0.3) is 0 Å². The zero-order chi connectivity index (χ0) is 11.3. The molecule has 1 aliphatic rings. The second-order valence-electron chi connectivity index (χ2n) is 3.57. The van der Waals surface area contributed by atoms with Gasteiger partial charge in [-0.3, -0.25) is 0 Å². The van der Waals surface area contributed by atoms with Crippen LogP contribution in [0, 0.1) is 0 Å². The predicted molar refractivity (Wildman–Crippen MR) is 48.6 cm³/mol. The summed E-state index contributed by atoms with van der Waals surface area (Å²) in [6.07, 6.45) is -5.40. The highest BCUT2D eigenvalue weighted by Gasteiger charge is 2.60. The van der Waals surface area contributed by atoms with Crippen molar-refractivity contribution >= 4 is 11.6 Å². The molecule has 0 heterocycles. The smallest absolute Gasteiger partial charge is 0.228 e. The molecule has 2 rings (SSSR count). The van der Waals surface area contributed by atoms with Crippen LogP contribution >= 0.6 is 11.6 Å². The summed E-state index contributed by atoms with van der Waals surface area (Å²) in [4.78, 5) is 0. The van der Waals surface area contributed by atoms with E-state index in [1.807, 2.05) is 0 Å². The molecule has 0 bridgehead atoms. The van der Waals surface area contributed by atoms with Crippen molar-refractivity contribution in [2.75, 3.05) is 0 Å². The van der Waals surface area contributed by atoms with E-state index in [1.165, 1.54) is 18.2 Å². The molecule has 82 valence electrons. The van der Waals surface area contributed by atoms with Crippen molar-refractivity contribution in [1.29, 1.82) is 0 Å². The number of hydrogen-bond acceptors (Lipinski definition) is 0. The van der Waals surface area contributed by atoms with Crippen molar-refractivity contribution < 1.29 is 17.6 Å². The molecule has 0 aliphatic heterocycles. The van der Waals surface area contributed by atoms with Gasteiger partial charge in [0, 0.05) is 10.6 Å². The van der Waals surface area contributed by atoms with Gasteiger partial charge in [0.05, 0.1) is 0 Å². The number of alkyl halides is 4. The Morgan fingerprint density at radius 3 is 2.53 bits per heavy atom. The maximum absolute atomic E-state index is 13.9. The normalized spacial score (nSPS) is 25.4. The van der Waals surface area contributed by atoms with Crippen LogP contribution in [0.4, 0.5) is 17.6 Å². The highest BCUT2D eigenvalue weighted by atomic mass is 35.5. The van der Waals surface area contributed by atoms with Crippen LogP contribution in [0.15, 0.2) is 18.2 Å². The molecule has 0 amide bonds. The second-order valence-corrected chi connectivity index (χ2v) is 3.98. The molecule has 0 saturated carbocycles. The third-order valence-corrected chi connectivity index (χ3v) is 3.00. The molecule has 0 aromatic heterocycles. The molecule has 15 heavy (non-hydrogen) atoms. The topological polar surface area (TPSA) is 0 Å². The average molecular weight is 239 g/mol. The number of aryl methyl sites for hydroxylation is 1. The Bertz CT molecular complexity index is 399. The Balaban J connectivity index is 2.62. The van der Waals surface area contributed by atoms with Gasteiger partial charge in [0.2, 0.25) is 5.67 Å². The molecule has 1 aliphatic carbocycles. The van der Waals surface area contributed by atoms with Crippen LogP contribution < -0.4 is 0 Å². The predicted octanol–water partition coefficient (Wildman–Crippen LogP) is 4.01. The molecule has 5 heteroatoms. The van der Waals surface area contributed by atoms with Gasteiger partial charge in [-0.25, -0.2) is 4.39 Å². The van der Waals surface area contributed by atoms with Crippen molar-refractivity contribution in [3.8, 4) is 0 Å². The van der Waals surface area contributed by atoms with Crippen molar-refractivity contribution in [2.24, 2.45) is 0 Å².